The van der Waals surface area contributed by atoms with Crippen LogP contribution in [-0.2, 0) is 0 Å². The third-order valence-electron chi connectivity index (χ3n) is 5.01. The highest BCUT2D eigenvalue weighted by atomic mass is 16.3. The van der Waals surface area contributed by atoms with E-state index in [9.17, 15) is 9.90 Å². The zero-order valence-corrected chi connectivity index (χ0v) is 13.2. The number of β-amino-alcohol motifs (C(OH)–C–C–N with tert-alkyl or cyclic N) is 1. The quantitative estimate of drug-likeness (QED) is 0.894. The summed E-state index contributed by atoms with van der Waals surface area (Å²) in [5.41, 5.74) is 0.528. The van der Waals surface area contributed by atoms with Gasteiger partial charge in [-0.3, -0.25) is 9.89 Å². The summed E-state index contributed by atoms with van der Waals surface area (Å²) in [6.07, 6.45) is 3.05. The Labute approximate surface area is 135 Å². The van der Waals surface area contributed by atoms with Gasteiger partial charge in [-0.15, -0.1) is 0 Å². The zero-order valence-electron chi connectivity index (χ0n) is 13.2. The fraction of sp³-hybridized carbons (Fsp3) is 0.529. The number of aliphatic hydroxyl groups is 1. The van der Waals surface area contributed by atoms with Crippen molar-refractivity contribution in [2.75, 3.05) is 32.7 Å². The van der Waals surface area contributed by atoms with E-state index in [-0.39, 0.29) is 5.91 Å². The summed E-state index contributed by atoms with van der Waals surface area (Å²) < 4.78 is 0. The Morgan fingerprint density at radius 2 is 2.04 bits per heavy atom. The lowest BCUT2D eigenvalue weighted by molar-refractivity contribution is 0.0175. The molecule has 0 spiro atoms. The lowest BCUT2D eigenvalue weighted by Gasteiger charge is -2.28. The number of H-pyrrole nitrogens is 1. The Morgan fingerprint density at radius 3 is 2.87 bits per heavy atom. The first kappa shape index (κ1) is 14.7. The van der Waals surface area contributed by atoms with E-state index in [1.54, 1.807) is 4.90 Å². The highest BCUT2D eigenvalue weighted by molar-refractivity contribution is 6.04. The summed E-state index contributed by atoms with van der Waals surface area (Å²) in [7, 11) is 0. The Kier molecular flexibility index (Phi) is 3.58. The minimum absolute atomic E-state index is 0.0974. The van der Waals surface area contributed by atoms with Gasteiger partial charge in [0.1, 0.15) is 0 Å². The van der Waals surface area contributed by atoms with Crippen molar-refractivity contribution in [3.63, 3.8) is 0 Å². The van der Waals surface area contributed by atoms with E-state index in [2.05, 4.69) is 15.1 Å². The van der Waals surface area contributed by atoms with Gasteiger partial charge in [0.2, 0.25) is 0 Å². The van der Waals surface area contributed by atoms with Crippen molar-refractivity contribution in [1.82, 2.24) is 20.0 Å². The number of aromatic amines is 1. The molecule has 2 fully saturated rings. The topological polar surface area (TPSA) is 72.5 Å². The molecule has 2 saturated heterocycles. The van der Waals surface area contributed by atoms with Gasteiger partial charge in [0, 0.05) is 18.5 Å². The van der Waals surface area contributed by atoms with Crippen LogP contribution < -0.4 is 0 Å². The van der Waals surface area contributed by atoms with Crippen LogP contribution in [0.3, 0.4) is 0 Å². The fourth-order valence-electron chi connectivity index (χ4n) is 3.79. The molecule has 0 aliphatic carbocycles. The molecule has 2 N–H and O–H groups in total. The molecule has 6 heteroatoms. The van der Waals surface area contributed by atoms with Crippen LogP contribution >= 0.6 is 0 Å². The number of fused-ring (bicyclic) bond motifs is 1. The van der Waals surface area contributed by atoms with Crippen LogP contribution in [0.1, 0.15) is 29.8 Å². The van der Waals surface area contributed by atoms with Crippen LogP contribution in [0.25, 0.3) is 10.9 Å². The number of amides is 1. The van der Waals surface area contributed by atoms with E-state index in [4.69, 9.17) is 0 Å². The minimum Gasteiger partial charge on any atom is -0.387 e. The lowest BCUT2D eigenvalue weighted by atomic mass is 10.0. The smallest absolute Gasteiger partial charge is 0.275 e. The molecule has 1 amide bonds. The van der Waals surface area contributed by atoms with E-state index in [0.29, 0.717) is 31.7 Å². The first-order valence-electron chi connectivity index (χ1n) is 8.32. The first-order valence-corrected chi connectivity index (χ1v) is 8.32. The van der Waals surface area contributed by atoms with Crippen molar-refractivity contribution < 1.29 is 9.90 Å². The van der Waals surface area contributed by atoms with Gasteiger partial charge in [-0.1, -0.05) is 18.2 Å². The highest BCUT2D eigenvalue weighted by Gasteiger charge is 2.40. The largest absolute Gasteiger partial charge is 0.387 e. The number of likely N-dealkylation sites (tertiary alicyclic amines) is 2. The Morgan fingerprint density at radius 1 is 1.26 bits per heavy atom. The van der Waals surface area contributed by atoms with E-state index in [1.165, 1.54) is 12.8 Å². The Hall–Kier alpha value is -1.92. The van der Waals surface area contributed by atoms with Crippen molar-refractivity contribution in [1.29, 1.82) is 0 Å². The molecule has 0 bridgehead atoms. The fourth-order valence-corrected chi connectivity index (χ4v) is 3.79. The van der Waals surface area contributed by atoms with Crippen LogP contribution in [0.2, 0.25) is 0 Å². The molecule has 122 valence electrons. The van der Waals surface area contributed by atoms with Gasteiger partial charge in [-0.2, -0.15) is 5.10 Å². The van der Waals surface area contributed by atoms with Crippen LogP contribution in [0.15, 0.2) is 24.3 Å². The maximum absolute atomic E-state index is 12.8. The summed E-state index contributed by atoms with van der Waals surface area (Å²) in [5.74, 6) is -0.0974. The monoisotopic (exact) mass is 314 g/mol. The predicted octanol–water partition coefficient (Wildman–Crippen LogP) is 1.24. The molecule has 0 radical (unpaired) electrons. The molecule has 2 aliphatic heterocycles. The number of nitrogens with one attached hydrogen (secondary N) is 1. The molecule has 4 rings (SSSR count). The summed E-state index contributed by atoms with van der Waals surface area (Å²) in [6.45, 7) is 3.76. The number of aromatic nitrogens is 2. The number of benzene rings is 1. The number of rotatable bonds is 3. The second-order valence-corrected chi connectivity index (χ2v) is 6.80. The number of hydrogen-bond acceptors (Lipinski definition) is 4. The van der Waals surface area contributed by atoms with Gasteiger partial charge in [-0.05, 0) is 38.4 Å². The highest BCUT2D eigenvalue weighted by Crippen LogP contribution is 2.26. The molecular weight excluding hydrogens is 292 g/mol. The summed E-state index contributed by atoms with van der Waals surface area (Å²) >= 11 is 0. The number of nitrogens with zero attached hydrogens (tertiary/aromatic N) is 3. The third kappa shape index (κ3) is 2.72. The Bertz CT molecular complexity index is 722. The maximum Gasteiger partial charge on any atom is 0.275 e. The van der Waals surface area contributed by atoms with Gasteiger partial charge in [-0.25, -0.2) is 0 Å². The molecule has 2 aromatic rings. The van der Waals surface area contributed by atoms with Crippen LogP contribution in [0, 0.1) is 0 Å². The normalized spacial score (nSPS) is 25.5. The van der Waals surface area contributed by atoms with Crippen molar-refractivity contribution in [3.05, 3.63) is 30.0 Å². The van der Waals surface area contributed by atoms with Crippen molar-refractivity contribution in [2.45, 2.75) is 24.9 Å². The van der Waals surface area contributed by atoms with E-state index in [1.807, 2.05) is 24.3 Å². The molecule has 1 aromatic carbocycles. The van der Waals surface area contributed by atoms with Gasteiger partial charge in [0.05, 0.1) is 17.7 Å². The lowest BCUT2D eigenvalue weighted by Crippen LogP contribution is -2.45. The third-order valence-corrected chi connectivity index (χ3v) is 5.01. The molecule has 1 atom stereocenters. The van der Waals surface area contributed by atoms with Gasteiger partial charge in [0.15, 0.2) is 5.69 Å². The molecule has 23 heavy (non-hydrogen) atoms. The number of para-hydroxylation sites is 1. The van der Waals surface area contributed by atoms with Crippen molar-refractivity contribution in [2.24, 2.45) is 0 Å². The van der Waals surface area contributed by atoms with E-state index >= 15 is 0 Å². The summed E-state index contributed by atoms with van der Waals surface area (Å²) in [4.78, 5) is 16.8. The summed E-state index contributed by atoms with van der Waals surface area (Å²) in [5, 5.41) is 18.7. The van der Waals surface area contributed by atoms with Crippen molar-refractivity contribution >= 4 is 16.8 Å². The van der Waals surface area contributed by atoms with Crippen molar-refractivity contribution in [3.8, 4) is 0 Å². The molecule has 6 nitrogen and oxygen atoms in total. The van der Waals surface area contributed by atoms with Crippen LogP contribution in [-0.4, -0.2) is 69.3 Å². The molecular formula is C17H22N4O2. The van der Waals surface area contributed by atoms with Gasteiger partial charge in [0.25, 0.3) is 5.91 Å². The number of carbonyl (C=O) groups is 1. The molecule has 3 heterocycles. The standard InChI is InChI=1S/C17H22N4O2/c22-16(15-13-5-1-2-6-14(13)18-19-15)21-10-7-17(23,12-21)11-20-8-3-4-9-20/h1-2,5-6,23H,3-4,7-12H2,(H,18,19). The minimum atomic E-state index is -0.786. The SMILES string of the molecule is O=C(c1n[nH]c2ccccc12)N1CCC(O)(CN2CCCC2)C1. The Balaban J connectivity index is 1.49. The molecule has 1 unspecified atom stereocenters. The second kappa shape index (κ2) is 5.62. The van der Waals surface area contributed by atoms with Crippen LogP contribution in [0.4, 0.5) is 0 Å². The van der Waals surface area contributed by atoms with Gasteiger partial charge >= 0.3 is 0 Å². The van der Waals surface area contributed by atoms with Crippen LogP contribution in [0.5, 0.6) is 0 Å². The molecule has 2 aliphatic rings. The average molecular weight is 314 g/mol. The average Bonchev–Trinajstić information content (AvgIpc) is 3.26. The summed E-state index contributed by atoms with van der Waals surface area (Å²) in [6, 6.07) is 7.63. The maximum atomic E-state index is 12.8. The molecule has 1 aromatic heterocycles. The number of hydrogen-bond donors (Lipinski definition) is 2. The van der Waals surface area contributed by atoms with Gasteiger partial charge < -0.3 is 14.9 Å². The first-order chi connectivity index (χ1) is 11.1. The molecule has 0 saturated carbocycles. The zero-order chi connectivity index (χ0) is 15.9. The van der Waals surface area contributed by atoms with E-state index in [0.717, 1.165) is 24.0 Å². The van der Waals surface area contributed by atoms with E-state index < -0.39 is 5.60 Å². The number of carbonyl (C=O) groups excluding carboxylic acids is 1. The predicted molar refractivity (Wildman–Crippen MR) is 87.2 cm³/mol. The second-order valence-electron chi connectivity index (χ2n) is 6.80.